The maximum Gasteiger partial charge on any atom is 0.673 e. The van der Waals surface area contributed by atoms with E-state index >= 15 is 0 Å². The highest BCUT2D eigenvalue weighted by Crippen LogP contribution is 2.31. The monoisotopic (exact) mass is 362 g/mol. The molecule has 8 heteroatoms. The highest BCUT2D eigenvalue weighted by atomic mass is 19.5. The third-order valence-corrected chi connectivity index (χ3v) is 3.97. The van der Waals surface area contributed by atoms with E-state index in [0.717, 1.165) is 11.2 Å². The molecule has 0 unspecified atom stereocenters. The number of hydrogen-bond acceptors (Lipinski definition) is 1. The van der Waals surface area contributed by atoms with E-state index in [4.69, 9.17) is 0 Å². The normalized spacial score (nSPS) is 13.5. The zero-order valence-electron chi connectivity index (χ0n) is 13.6. The lowest BCUT2D eigenvalue weighted by atomic mass is 10.0. The van der Waals surface area contributed by atoms with Gasteiger partial charge in [-0.2, -0.15) is 4.57 Å². The number of hydrogen-bond donors (Lipinski definition) is 1. The van der Waals surface area contributed by atoms with Crippen molar-refractivity contribution in [1.82, 2.24) is 0 Å². The van der Waals surface area contributed by atoms with Crippen LogP contribution in [0.3, 0.4) is 0 Å². The van der Waals surface area contributed by atoms with Crippen LogP contribution in [0.4, 0.5) is 23.0 Å². The predicted molar refractivity (Wildman–Crippen MR) is 93.0 cm³/mol. The number of halogens is 4. The number of aromatic nitrogens is 1. The Morgan fingerprint density at radius 2 is 1.62 bits per heavy atom. The zero-order valence-corrected chi connectivity index (χ0v) is 13.6. The molecule has 134 valence electrons. The fourth-order valence-corrected chi connectivity index (χ4v) is 2.99. The summed E-state index contributed by atoms with van der Waals surface area (Å²) >= 11 is 0. The van der Waals surface area contributed by atoms with Gasteiger partial charge in [0.15, 0.2) is 12.7 Å². The van der Waals surface area contributed by atoms with Crippen LogP contribution in [-0.2, 0) is 11.3 Å². The average molecular weight is 362 g/mol. The van der Waals surface area contributed by atoms with E-state index < -0.39 is 7.25 Å². The number of amides is 1. The Labute approximate surface area is 147 Å². The molecular weight excluding hydrogens is 347 g/mol. The molecule has 0 spiro atoms. The van der Waals surface area contributed by atoms with Crippen LogP contribution in [0.25, 0.3) is 22.0 Å². The van der Waals surface area contributed by atoms with Crippen molar-refractivity contribution in [2.75, 3.05) is 5.32 Å². The van der Waals surface area contributed by atoms with Gasteiger partial charge in [-0.1, -0.05) is 36.4 Å². The van der Waals surface area contributed by atoms with Gasteiger partial charge in [-0.15, -0.1) is 0 Å². The van der Waals surface area contributed by atoms with Crippen molar-refractivity contribution in [3.63, 3.8) is 0 Å². The third-order valence-electron chi connectivity index (χ3n) is 3.97. The van der Waals surface area contributed by atoms with Gasteiger partial charge in [0.2, 0.25) is 11.4 Å². The topological polar surface area (TPSA) is 33.0 Å². The number of carbonyl (C=O) groups excluding carboxylic acids is 1. The number of carbonyl (C=O) groups is 1. The van der Waals surface area contributed by atoms with Gasteiger partial charge in [-0.3, -0.25) is 4.79 Å². The third kappa shape index (κ3) is 4.19. The largest absolute Gasteiger partial charge is 0.673 e. The minimum atomic E-state index is -6.00. The zero-order chi connectivity index (χ0) is 18.7. The standard InChI is InChI=1S/C18H14N2O.BF4/c21-17-10-12-20-11-9-14(13-5-2-1-3-6-13)15-7-4-8-16(19-17)18(15)20;2-1(3,4)5/h1-9,11H,10,12H2;/q;-1/p+1. The van der Waals surface area contributed by atoms with Crippen LogP contribution >= 0.6 is 0 Å². The van der Waals surface area contributed by atoms with Crippen molar-refractivity contribution < 1.29 is 26.6 Å². The van der Waals surface area contributed by atoms with E-state index in [9.17, 15) is 22.1 Å². The summed E-state index contributed by atoms with van der Waals surface area (Å²) in [7, 11) is -6.00. The number of anilines is 1. The number of nitrogens with zero attached hydrogens (tertiary/aromatic N) is 1. The molecule has 0 bridgehead atoms. The molecule has 2 aromatic carbocycles. The molecule has 0 radical (unpaired) electrons. The first-order valence-corrected chi connectivity index (χ1v) is 8.01. The summed E-state index contributed by atoms with van der Waals surface area (Å²) in [6.45, 7) is 0.717. The molecule has 2 heterocycles. The maximum atomic E-state index is 11.8. The van der Waals surface area contributed by atoms with Gasteiger partial charge in [0.25, 0.3) is 0 Å². The van der Waals surface area contributed by atoms with Crippen LogP contribution in [-0.4, -0.2) is 13.2 Å². The van der Waals surface area contributed by atoms with Crippen molar-refractivity contribution in [3.05, 3.63) is 60.8 Å². The van der Waals surface area contributed by atoms with E-state index in [2.05, 4.69) is 40.3 Å². The number of aryl methyl sites for hydroxylation is 1. The average Bonchev–Trinajstić information content (AvgIpc) is 2.75. The second-order valence-corrected chi connectivity index (χ2v) is 5.78. The summed E-state index contributed by atoms with van der Waals surface area (Å²) in [5.41, 5.74) is 4.38. The Kier molecular flexibility index (Phi) is 4.93. The van der Waals surface area contributed by atoms with E-state index in [1.54, 1.807) is 0 Å². The fraction of sp³-hybridized carbons (Fsp3) is 0.111. The Morgan fingerprint density at radius 1 is 0.923 bits per heavy atom. The second kappa shape index (κ2) is 7.15. The van der Waals surface area contributed by atoms with Gasteiger partial charge in [-0.25, -0.2) is 0 Å². The van der Waals surface area contributed by atoms with E-state index in [0.29, 0.717) is 13.0 Å². The molecule has 3 aromatic rings. The molecule has 26 heavy (non-hydrogen) atoms. The van der Waals surface area contributed by atoms with Gasteiger partial charge in [0.05, 0.1) is 11.8 Å². The number of rotatable bonds is 1. The number of para-hydroxylation sites is 1. The molecule has 1 amide bonds. The molecule has 1 aliphatic rings. The van der Waals surface area contributed by atoms with Crippen molar-refractivity contribution in [3.8, 4) is 11.1 Å². The number of nitrogens with one attached hydrogen (secondary N) is 1. The lowest BCUT2D eigenvalue weighted by Crippen LogP contribution is -2.34. The van der Waals surface area contributed by atoms with Gasteiger partial charge < -0.3 is 22.6 Å². The number of pyridine rings is 1. The predicted octanol–water partition coefficient (Wildman–Crippen LogP) is 4.44. The summed E-state index contributed by atoms with van der Waals surface area (Å²) in [6.07, 6.45) is 2.59. The van der Waals surface area contributed by atoms with E-state index in [1.165, 1.54) is 16.5 Å². The van der Waals surface area contributed by atoms with Gasteiger partial charge in [0, 0.05) is 11.6 Å². The van der Waals surface area contributed by atoms with Crippen LogP contribution in [0.5, 0.6) is 0 Å². The van der Waals surface area contributed by atoms with E-state index in [-0.39, 0.29) is 5.91 Å². The smallest absolute Gasteiger partial charge is 0.418 e. The van der Waals surface area contributed by atoms with Crippen molar-refractivity contribution in [2.24, 2.45) is 0 Å². The van der Waals surface area contributed by atoms with Crippen molar-refractivity contribution in [2.45, 2.75) is 13.0 Å². The second-order valence-electron chi connectivity index (χ2n) is 5.78. The van der Waals surface area contributed by atoms with Crippen LogP contribution in [0.1, 0.15) is 6.42 Å². The molecule has 0 saturated heterocycles. The Bertz CT molecular complexity index is 939. The molecule has 1 aliphatic heterocycles. The SMILES string of the molecule is F[B-](F)(F)F.O=C1CC[n+]2ccc(-c3ccccc3)c3cccc(c32)N1. The molecule has 3 nitrogen and oxygen atoms in total. The first kappa shape index (κ1) is 17.9. The molecule has 4 rings (SSSR count). The van der Waals surface area contributed by atoms with Gasteiger partial charge >= 0.3 is 7.25 Å². The first-order valence-electron chi connectivity index (χ1n) is 8.01. The van der Waals surface area contributed by atoms with Crippen LogP contribution in [0, 0.1) is 0 Å². The summed E-state index contributed by atoms with van der Waals surface area (Å²) in [4.78, 5) is 11.8. The lowest BCUT2D eigenvalue weighted by Gasteiger charge is -2.08. The molecule has 0 atom stereocenters. The Balaban J connectivity index is 0.000000349. The fourth-order valence-electron chi connectivity index (χ4n) is 2.99. The van der Waals surface area contributed by atoms with Crippen LogP contribution < -0.4 is 9.88 Å². The van der Waals surface area contributed by atoms with Gasteiger partial charge in [-0.05, 0) is 17.7 Å². The molecule has 0 fully saturated rings. The molecule has 1 aromatic heterocycles. The lowest BCUT2D eigenvalue weighted by molar-refractivity contribution is -0.669. The Morgan fingerprint density at radius 3 is 2.31 bits per heavy atom. The van der Waals surface area contributed by atoms with E-state index in [1.807, 2.05) is 30.3 Å². The maximum absolute atomic E-state index is 11.8. The molecule has 0 saturated carbocycles. The highest BCUT2D eigenvalue weighted by molar-refractivity contribution is 6.50. The minimum Gasteiger partial charge on any atom is -0.418 e. The summed E-state index contributed by atoms with van der Waals surface area (Å²) in [5.74, 6) is 0.0764. The first-order chi connectivity index (χ1) is 12.3. The molecule has 1 N–H and O–H groups in total. The van der Waals surface area contributed by atoms with Crippen LogP contribution in [0.2, 0.25) is 0 Å². The van der Waals surface area contributed by atoms with Crippen LogP contribution in [0.15, 0.2) is 60.8 Å². The summed E-state index contributed by atoms with van der Waals surface area (Å²) in [6, 6.07) is 18.6. The molecule has 0 aliphatic carbocycles. The number of benzene rings is 2. The van der Waals surface area contributed by atoms with Crippen molar-refractivity contribution in [1.29, 1.82) is 0 Å². The summed E-state index contributed by atoms with van der Waals surface area (Å²) < 4.78 is 41.2. The van der Waals surface area contributed by atoms with Crippen molar-refractivity contribution >= 4 is 29.8 Å². The Hall–Kier alpha value is -2.90. The quantitative estimate of drug-likeness (QED) is 0.388. The highest BCUT2D eigenvalue weighted by Gasteiger charge is 2.23. The minimum absolute atomic E-state index is 0.0764. The van der Waals surface area contributed by atoms with Gasteiger partial charge in [0.1, 0.15) is 5.69 Å². The molecular formula is C18H15BF4N2O. The summed E-state index contributed by atoms with van der Waals surface area (Å²) in [5, 5.41) is 4.18.